The van der Waals surface area contributed by atoms with Crippen molar-refractivity contribution in [2.24, 2.45) is 0 Å². The lowest BCUT2D eigenvalue weighted by molar-refractivity contribution is -0.125. The Balaban J connectivity index is 1.72. The van der Waals surface area contributed by atoms with E-state index in [4.69, 9.17) is 0 Å². The molecule has 0 saturated carbocycles. The standard InChI is InChI=1S/C30H33FN4O3/c1-19-10-9-11-20(16-19)32-29(38)33-25-17-23(21-12-5-7-14-24(21)31)22-13-6-8-15-26(22)35(28(25)37)18-27(36)34-30(2,3)4/h5-16,23,25H,17-18H2,1-4H3,(H,34,36)(H2,32,33,38). The Morgan fingerprint density at radius 2 is 1.66 bits per heavy atom. The van der Waals surface area contributed by atoms with E-state index in [1.54, 1.807) is 36.4 Å². The Hall–Kier alpha value is -4.20. The van der Waals surface area contributed by atoms with Gasteiger partial charge in [0.05, 0.1) is 0 Å². The first-order chi connectivity index (χ1) is 18.0. The van der Waals surface area contributed by atoms with E-state index in [9.17, 15) is 14.4 Å². The maximum atomic E-state index is 15.0. The van der Waals surface area contributed by atoms with Crippen LogP contribution in [0.4, 0.5) is 20.6 Å². The number of aryl methyl sites for hydroxylation is 1. The number of para-hydroxylation sites is 1. The van der Waals surface area contributed by atoms with Crippen molar-refractivity contribution in [2.45, 2.75) is 51.6 Å². The zero-order valence-electron chi connectivity index (χ0n) is 22.0. The normalized spacial score (nSPS) is 17.3. The molecule has 3 N–H and O–H groups in total. The van der Waals surface area contributed by atoms with E-state index in [1.807, 2.05) is 58.0 Å². The van der Waals surface area contributed by atoms with E-state index in [1.165, 1.54) is 11.0 Å². The Labute approximate surface area is 222 Å². The smallest absolute Gasteiger partial charge is 0.319 e. The van der Waals surface area contributed by atoms with Crippen LogP contribution in [0.25, 0.3) is 0 Å². The number of rotatable bonds is 5. The maximum absolute atomic E-state index is 15.0. The summed E-state index contributed by atoms with van der Waals surface area (Å²) in [6, 6.07) is 19.3. The fourth-order valence-corrected chi connectivity index (χ4v) is 4.78. The summed E-state index contributed by atoms with van der Waals surface area (Å²) >= 11 is 0. The SMILES string of the molecule is Cc1cccc(NC(=O)NC2CC(c3ccccc3F)c3ccccc3N(CC(=O)NC(C)(C)C)C2=O)c1. The third-order valence-corrected chi connectivity index (χ3v) is 6.32. The minimum Gasteiger partial charge on any atom is -0.350 e. The fraction of sp³-hybridized carbons (Fsp3) is 0.300. The van der Waals surface area contributed by atoms with E-state index in [-0.39, 0.29) is 18.9 Å². The second-order valence-corrected chi connectivity index (χ2v) is 10.6. The van der Waals surface area contributed by atoms with Crippen LogP contribution in [0.15, 0.2) is 72.8 Å². The molecule has 0 fully saturated rings. The number of nitrogens with zero attached hydrogens (tertiary/aromatic N) is 1. The number of anilines is 2. The fourth-order valence-electron chi connectivity index (χ4n) is 4.78. The first-order valence-corrected chi connectivity index (χ1v) is 12.6. The van der Waals surface area contributed by atoms with Gasteiger partial charge in [-0.05, 0) is 75.1 Å². The van der Waals surface area contributed by atoms with Crippen molar-refractivity contribution in [1.29, 1.82) is 0 Å². The van der Waals surface area contributed by atoms with Crippen LogP contribution in [0.5, 0.6) is 0 Å². The lowest BCUT2D eigenvalue weighted by Gasteiger charge is -2.28. The van der Waals surface area contributed by atoms with Gasteiger partial charge in [0, 0.05) is 22.8 Å². The highest BCUT2D eigenvalue weighted by Crippen LogP contribution is 2.40. The second kappa shape index (κ2) is 11.0. The van der Waals surface area contributed by atoms with Gasteiger partial charge in [0.25, 0.3) is 0 Å². The molecular weight excluding hydrogens is 483 g/mol. The van der Waals surface area contributed by atoms with Crippen LogP contribution >= 0.6 is 0 Å². The van der Waals surface area contributed by atoms with Crippen LogP contribution in [0.3, 0.4) is 0 Å². The van der Waals surface area contributed by atoms with E-state index in [0.717, 1.165) is 5.56 Å². The zero-order valence-corrected chi connectivity index (χ0v) is 22.0. The van der Waals surface area contributed by atoms with Crippen molar-refractivity contribution in [3.8, 4) is 0 Å². The second-order valence-electron chi connectivity index (χ2n) is 10.6. The largest absolute Gasteiger partial charge is 0.350 e. The molecule has 1 heterocycles. The lowest BCUT2D eigenvalue weighted by atomic mass is 9.85. The number of carbonyl (C=O) groups is 3. The van der Waals surface area contributed by atoms with Crippen LogP contribution < -0.4 is 20.9 Å². The average Bonchev–Trinajstić information content (AvgIpc) is 2.94. The van der Waals surface area contributed by atoms with Crippen molar-refractivity contribution >= 4 is 29.2 Å². The molecule has 4 amide bonds. The Bertz CT molecular complexity index is 1350. The molecule has 4 rings (SSSR count). The summed E-state index contributed by atoms with van der Waals surface area (Å²) in [5.74, 6) is -1.72. The van der Waals surface area contributed by atoms with Crippen molar-refractivity contribution in [1.82, 2.24) is 10.6 Å². The number of hydrogen-bond donors (Lipinski definition) is 3. The monoisotopic (exact) mass is 516 g/mol. The van der Waals surface area contributed by atoms with Gasteiger partial charge in [-0.25, -0.2) is 9.18 Å². The van der Waals surface area contributed by atoms with Crippen molar-refractivity contribution in [2.75, 3.05) is 16.8 Å². The molecule has 0 bridgehead atoms. The molecule has 0 aromatic heterocycles. The first-order valence-electron chi connectivity index (χ1n) is 12.6. The van der Waals surface area contributed by atoms with E-state index in [0.29, 0.717) is 22.5 Å². The molecule has 0 spiro atoms. The van der Waals surface area contributed by atoms with Crippen LogP contribution in [-0.4, -0.2) is 36.0 Å². The number of fused-ring (bicyclic) bond motifs is 1. The molecule has 8 heteroatoms. The number of benzene rings is 3. The molecule has 38 heavy (non-hydrogen) atoms. The molecule has 198 valence electrons. The molecule has 2 atom stereocenters. The molecule has 0 aliphatic carbocycles. The van der Waals surface area contributed by atoms with E-state index >= 15 is 4.39 Å². The summed E-state index contributed by atoms with van der Waals surface area (Å²) in [7, 11) is 0. The van der Waals surface area contributed by atoms with Gasteiger partial charge in [-0.15, -0.1) is 0 Å². The van der Waals surface area contributed by atoms with Crippen LogP contribution in [-0.2, 0) is 9.59 Å². The molecule has 1 aliphatic rings. The summed E-state index contributed by atoms with van der Waals surface area (Å²) in [4.78, 5) is 41.2. The van der Waals surface area contributed by atoms with E-state index in [2.05, 4.69) is 16.0 Å². The summed E-state index contributed by atoms with van der Waals surface area (Å²) in [6.07, 6.45) is 0.120. The summed E-state index contributed by atoms with van der Waals surface area (Å²) in [5.41, 5.74) is 2.70. The number of amides is 4. The van der Waals surface area contributed by atoms with Gasteiger partial charge in [-0.3, -0.25) is 9.59 Å². The van der Waals surface area contributed by atoms with Gasteiger partial charge in [0.15, 0.2) is 0 Å². The number of urea groups is 1. The third kappa shape index (κ3) is 6.37. The first kappa shape index (κ1) is 26.9. The van der Waals surface area contributed by atoms with Gasteiger partial charge in [-0.1, -0.05) is 48.5 Å². The quantitative estimate of drug-likeness (QED) is 0.440. The molecule has 2 unspecified atom stereocenters. The number of carbonyl (C=O) groups excluding carboxylic acids is 3. The number of halogens is 1. The molecule has 0 radical (unpaired) electrons. The summed E-state index contributed by atoms with van der Waals surface area (Å²) < 4.78 is 15.0. The third-order valence-electron chi connectivity index (χ3n) is 6.32. The highest BCUT2D eigenvalue weighted by atomic mass is 19.1. The molecule has 0 saturated heterocycles. The van der Waals surface area contributed by atoms with Gasteiger partial charge < -0.3 is 20.9 Å². The molecule has 3 aromatic rings. The topological polar surface area (TPSA) is 90.5 Å². The van der Waals surface area contributed by atoms with Crippen LogP contribution in [0.1, 0.15) is 49.8 Å². The van der Waals surface area contributed by atoms with Crippen molar-refractivity contribution in [3.05, 3.63) is 95.3 Å². The highest BCUT2D eigenvalue weighted by molar-refractivity contribution is 6.05. The summed E-state index contributed by atoms with van der Waals surface area (Å²) in [6.45, 7) is 7.25. The predicted octanol–water partition coefficient (Wildman–Crippen LogP) is 5.11. The number of hydrogen-bond acceptors (Lipinski definition) is 3. The van der Waals surface area contributed by atoms with Crippen LogP contribution in [0, 0.1) is 12.7 Å². The molecule has 7 nitrogen and oxygen atoms in total. The van der Waals surface area contributed by atoms with Gasteiger partial charge in [0.1, 0.15) is 18.4 Å². The van der Waals surface area contributed by atoms with Gasteiger partial charge >= 0.3 is 6.03 Å². The molecule has 3 aromatic carbocycles. The minimum atomic E-state index is -1.01. The molecule has 1 aliphatic heterocycles. The zero-order chi connectivity index (χ0) is 27.4. The van der Waals surface area contributed by atoms with Gasteiger partial charge in [0.2, 0.25) is 11.8 Å². The van der Waals surface area contributed by atoms with Crippen LogP contribution in [0.2, 0.25) is 0 Å². The maximum Gasteiger partial charge on any atom is 0.319 e. The van der Waals surface area contributed by atoms with Crippen molar-refractivity contribution < 1.29 is 18.8 Å². The lowest BCUT2D eigenvalue weighted by Crippen LogP contribution is -2.53. The minimum absolute atomic E-state index is 0.120. The number of nitrogens with one attached hydrogen (secondary N) is 3. The Kier molecular flexibility index (Phi) is 7.80. The predicted molar refractivity (Wildman–Crippen MR) is 147 cm³/mol. The van der Waals surface area contributed by atoms with Crippen molar-refractivity contribution in [3.63, 3.8) is 0 Å². The average molecular weight is 517 g/mol. The Morgan fingerprint density at radius 1 is 0.974 bits per heavy atom. The molecular formula is C30H33FN4O3. The Morgan fingerprint density at radius 3 is 2.34 bits per heavy atom. The van der Waals surface area contributed by atoms with E-state index < -0.39 is 35.3 Å². The highest BCUT2D eigenvalue weighted by Gasteiger charge is 2.38. The van der Waals surface area contributed by atoms with Gasteiger partial charge in [-0.2, -0.15) is 0 Å². The summed E-state index contributed by atoms with van der Waals surface area (Å²) in [5, 5.41) is 8.45.